The van der Waals surface area contributed by atoms with Crippen LogP contribution < -0.4 is 10.1 Å². The van der Waals surface area contributed by atoms with Gasteiger partial charge in [0.1, 0.15) is 11.8 Å². The molecule has 0 saturated heterocycles. The van der Waals surface area contributed by atoms with Crippen LogP contribution >= 0.6 is 0 Å². The van der Waals surface area contributed by atoms with Gasteiger partial charge in [0.2, 0.25) is 10.0 Å². The minimum Gasteiger partial charge on any atom is -0.486 e. The second-order valence-electron chi connectivity index (χ2n) is 9.10. The van der Waals surface area contributed by atoms with E-state index in [1.165, 1.54) is 16.0 Å². The molecule has 0 unspecified atom stereocenters. The van der Waals surface area contributed by atoms with Gasteiger partial charge in [-0.25, -0.2) is 12.7 Å². The van der Waals surface area contributed by atoms with E-state index in [1.807, 2.05) is 6.92 Å². The number of anilines is 1. The van der Waals surface area contributed by atoms with Gasteiger partial charge in [-0.05, 0) is 32.0 Å². The first kappa shape index (κ1) is 26.6. The average Bonchev–Trinajstić information content (AvgIpc) is 3.13. The fraction of sp³-hybridized carbons (Fsp3) is 0.522. The molecule has 1 aliphatic heterocycles. The van der Waals surface area contributed by atoms with E-state index in [-0.39, 0.29) is 48.5 Å². The number of aliphatic hydroxyl groups is 1. The predicted octanol–water partition coefficient (Wildman–Crippen LogP) is 1.09. The first-order valence-electron chi connectivity index (χ1n) is 11.3. The molecule has 0 bridgehead atoms. The number of aromatic nitrogens is 2. The number of amides is 2. The number of ether oxygens (including phenoxy) is 1. The largest absolute Gasteiger partial charge is 0.486 e. The van der Waals surface area contributed by atoms with Crippen molar-refractivity contribution in [3.63, 3.8) is 0 Å². The molecule has 0 spiro atoms. The molecule has 12 heteroatoms. The zero-order chi connectivity index (χ0) is 26.1. The summed E-state index contributed by atoms with van der Waals surface area (Å²) in [7, 11) is -0.365. The monoisotopic (exact) mass is 507 g/mol. The van der Waals surface area contributed by atoms with E-state index in [2.05, 4.69) is 10.4 Å². The highest BCUT2D eigenvalue weighted by Gasteiger charge is 2.35. The lowest BCUT2D eigenvalue weighted by molar-refractivity contribution is 0.0389. The average molecular weight is 508 g/mol. The molecule has 1 aromatic heterocycles. The third-order valence-corrected chi connectivity index (χ3v) is 7.46. The number of hydrogen-bond donors (Lipinski definition) is 2. The Hall–Kier alpha value is -2.96. The third-order valence-electron chi connectivity index (χ3n) is 6.18. The first-order valence-corrected chi connectivity index (χ1v) is 13.1. The normalized spacial score (nSPS) is 19.5. The number of sulfonamides is 1. The van der Waals surface area contributed by atoms with Crippen molar-refractivity contribution in [2.24, 2.45) is 13.0 Å². The number of hydrogen-bond acceptors (Lipinski definition) is 7. The number of para-hydroxylation sites is 1. The molecule has 0 aliphatic carbocycles. The number of fused-ring (bicyclic) bond motifs is 1. The fourth-order valence-corrected chi connectivity index (χ4v) is 4.38. The molecule has 1 aliphatic rings. The maximum Gasteiger partial charge on any atom is 0.274 e. The number of nitrogens with zero attached hydrogens (tertiary/aromatic N) is 4. The molecule has 0 saturated carbocycles. The van der Waals surface area contributed by atoms with Crippen molar-refractivity contribution in [3.8, 4) is 5.75 Å². The van der Waals surface area contributed by atoms with E-state index < -0.39 is 28.1 Å². The second-order valence-corrected chi connectivity index (χ2v) is 11.2. The van der Waals surface area contributed by atoms with E-state index in [1.54, 1.807) is 50.1 Å². The SMILES string of the molecule is Cc1cc(C(=O)Nc2cccc3c2O[C@H](CN(C)S(C)(=O)=O)[C@@H](C)CN([C@@H](C)CO)C3=O)n(C)n1. The molecule has 3 rings (SSSR count). The lowest BCUT2D eigenvalue weighted by Gasteiger charge is -2.38. The summed E-state index contributed by atoms with van der Waals surface area (Å²) < 4.78 is 33.1. The fourth-order valence-electron chi connectivity index (χ4n) is 3.96. The number of nitrogens with one attached hydrogen (secondary N) is 1. The van der Waals surface area contributed by atoms with Gasteiger partial charge in [-0.1, -0.05) is 13.0 Å². The van der Waals surface area contributed by atoms with Crippen LogP contribution in [0.4, 0.5) is 5.69 Å². The molecule has 192 valence electrons. The topological polar surface area (TPSA) is 134 Å². The van der Waals surface area contributed by atoms with E-state index >= 15 is 0 Å². The smallest absolute Gasteiger partial charge is 0.274 e. The van der Waals surface area contributed by atoms with Crippen molar-refractivity contribution in [2.45, 2.75) is 32.9 Å². The maximum atomic E-state index is 13.5. The van der Waals surface area contributed by atoms with Crippen LogP contribution in [-0.2, 0) is 17.1 Å². The highest BCUT2D eigenvalue weighted by molar-refractivity contribution is 7.88. The Labute approximate surface area is 205 Å². The Morgan fingerprint density at radius 1 is 1.40 bits per heavy atom. The molecule has 2 amide bonds. The standard InChI is InChI=1S/C23H33N5O6S/c1-14-11-28(16(3)13-29)23(31)17-8-7-9-18(24-22(30)19-10-15(2)25-27(19)5)21(17)34-20(14)12-26(4)35(6,32)33/h7-10,14,16,20,29H,11-13H2,1-6H3,(H,24,30)/t14-,16-,20+/m0/s1. The van der Waals surface area contributed by atoms with Crippen LogP contribution in [0, 0.1) is 12.8 Å². The molecule has 0 fully saturated rings. The van der Waals surface area contributed by atoms with Gasteiger partial charge in [-0.2, -0.15) is 5.10 Å². The molecule has 2 aromatic rings. The lowest BCUT2D eigenvalue weighted by Crippen LogP contribution is -2.50. The summed E-state index contributed by atoms with van der Waals surface area (Å²) in [6.45, 7) is 5.43. The molecule has 11 nitrogen and oxygen atoms in total. The summed E-state index contributed by atoms with van der Waals surface area (Å²) in [5, 5.41) is 16.8. The van der Waals surface area contributed by atoms with Crippen LogP contribution in [0.1, 0.15) is 40.4 Å². The zero-order valence-electron chi connectivity index (χ0n) is 20.8. The summed E-state index contributed by atoms with van der Waals surface area (Å²) in [5.74, 6) is -0.916. The van der Waals surface area contributed by atoms with Crippen LogP contribution in [0.2, 0.25) is 0 Å². The number of likely N-dealkylation sites (N-methyl/N-ethyl adjacent to an activating group) is 1. The van der Waals surface area contributed by atoms with Crippen molar-refractivity contribution in [2.75, 3.05) is 38.3 Å². The highest BCUT2D eigenvalue weighted by Crippen LogP contribution is 2.35. The van der Waals surface area contributed by atoms with Crippen molar-refractivity contribution < 1.29 is 27.9 Å². The quantitative estimate of drug-likeness (QED) is 0.573. The second kappa shape index (κ2) is 10.3. The van der Waals surface area contributed by atoms with E-state index in [0.29, 0.717) is 11.4 Å². The van der Waals surface area contributed by atoms with Gasteiger partial charge in [-0.15, -0.1) is 0 Å². The number of benzene rings is 1. The molecule has 2 N–H and O–H groups in total. The van der Waals surface area contributed by atoms with Crippen molar-refractivity contribution in [1.82, 2.24) is 19.0 Å². The Morgan fingerprint density at radius 3 is 2.66 bits per heavy atom. The summed E-state index contributed by atoms with van der Waals surface area (Å²) in [6, 6.07) is 6.02. The highest BCUT2D eigenvalue weighted by atomic mass is 32.2. The third kappa shape index (κ3) is 5.82. The van der Waals surface area contributed by atoms with E-state index in [4.69, 9.17) is 4.74 Å². The lowest BCUT2D eigenvalue weighted by atomic mass is 9.99. The maximum absolute atomic E-state index is 13.5. The van der Waals surface area contributed by atoms with Crippen molar-refractivity contribution in [1.29, 1.82) is 0 Å². The number of carbonyl (C=O) groups excluding carboxylic acids is 2. The number of carbonyl (C=O) groups is 2. The van der Waals surface area contributed by atoms with Crippen molar-refractivity contribution >= 4 is 27.5 Å². The van der Waals surface area contributed by atoms with Gasteiger partial charge >= 0.3 is 0 Å². The zero-order valence-corrected chi connectivity index (χ0v) is 21.7. The van der Waals surface area contributed by atoms with Gasteiger partial charge in [0.05, 0.1) is 42.4 Å². The molecular weight excluding hydrogens is 474 g/mol. The Morgan fingerprint density at radius 2 is 2.09 bits per heavy atom. The number of aliphatic hydroxyl groups excluding tert-OH is 1. The minimum atomic E-state index is -3.48. The first-order chi connectivity index (χ1) is 16.3. The minimum absolute atomic E-state index is 0.0399. The van der Waals surface area contributed by atoms with E-state index in [9.17, 15) is 23.1 Å². The summed E-state index contributed by atoms with van der Waals surface area (Å²) in [5.41, 5.74) is 1.49. The summed E-state index contributed by atoms with van der Waals surface area (Å²) in [4.78, 5) is 28.0. The van der Waals surface area contributed by atoms with Gasteiger partial charge in [-0.3, -0.25) is 14.3 Å². The molecular formula is C23H33N5O6S. The number of rotatable bonds is 7. The summed E-state index contributed by atoms with van der Waals surface area (Å²) >= 11 is 0. The molecule has 0 radical (unpaired) electrons. The molecule has 3 atom stereocenters. The Balaban J connectivity index is 2.07. The summed E-state index contributed by atoms with van der Waals surface area (Å²) in [6.07, 6.45) is 0.478. The van der Waals surface area contributed by atoms with Crippen LogP contribution in [0.15, 0.2) is 24.3 Å². The van der Waals surface area contributed by atoms with Gasteiger partial charge < -0.3 is 20.1 Å². The predicted molar refractivity (Wildman–Crippen MR) is 131 cm³/mol. The number of aryl methyl sites for hydroxylation is 2. The van der Waals surface area contributed by atoms with Gasteiger partial charge in [0, 0.05) is 26.6 Å². The van der Waals surface area contributed by atoms with Gasteiger partial charge in [0.15, 0.2) is 5.75 Å². The Kier molecular flexibility index (Phi) is 7.87. The molecule has 1 aromatic carbocycles. The van der Waals surface area contributed by atoms with Crippen molar-refractivity contribution in [3.05, 3.63) is 41.2 Å². The molecule has 2 heterocycles. The molecule has 35 heavy (non-hydrogen) atoms. The Bertz CT molecular complexity index is 1210. The van der Waals surface area contributed by atoms with Crippen LogP contribution in [0.25, 0.3) is 0 Å². The van der Waals surface area contributed by atoms with Crippen LogP contribution in [0.3, 0.4) is 0 Å². The van der Waals surface area contributed by atoms with Gasteiger partial charge in [0.25, 0.3) is 11.8 Å². The van der Waals surface area contributed by atoms with Crippen LogP contribution in [0.5, 0.6) is 5.75 Å². The van der Waals surface area contributed by atoms with E-state index in [0.717, 1.165) is 6.26 Å². The van der Waals surface area contributed by atoms with Crippen LogP contribution in [-0.4, -0.2) is 89.5 Å².